The van der Waals surface area contributed by atoms with E-state index in [0.717, 1.165) is 77.0 Å². The lowest BCUT2D eigenvalue weighted by Crippen LogP contribution is -2.51. The van der Waals surface area contributed by atoms with Gasteiger partial charge < -0.3 is 24.9 Å². The molecule has 0 heterocycles. The summed E-state index contributed by atoms with van der Waals surface area (Å²) in [6.07, 6.45) is 44.5. The molecular weight excluding hydrogens is 735 g/mol. The van der Waals surface area contributed by atoms with Crippen LogP contribution in [0.25, 0.3) is 0 Å². The van der Waals surface area contributed by atoms with Gasteiger partial charge in [0.2, 0.25) is 5.91 Å². The van der Waals surface area contributed by atoms with Crippen LogP contribution in [-0.2, 0) is 18.4 Å². The molecular formula is C47H90N2O7P+. The first-order chi connectivity index (χ1) is 27.4. The third kappa shape index (κ3) is 39.6. The van der Waals surface area contributed by atoms with Crippen molar-refractivity contribution in [2.75, 3.05) is 40.9 Å². The van der Waals surface area contributed by atoms with Gasteiger partial charge >= 0.3 is 7.82 Å². The van der Waals surface area contributed by atoms with Crippen molar-refractivity contribution >= 4 is 13.7 Å². The van der Waals surface area contributed by atoms with Crippen LogP contribution in [0.4, 0.5) is 0 Å². The summed E-state index contributed by atoms with van der Waals surface area (Å²) in [4.78, 5) is 23.2. The maximum absolute atomic E-state index is 12.9. The van der Waals surface area contributed by atoms with Crippen LogP contribution in [0.15, 0.2) is 48.6 Å². The molecule has 0 bridgehead atoms. The van der Waals surface area contributed by atoms with Gasteiger partial charge in [0, 0.05) is 6.42 Å². The summed E-state index contributed by atoms with van der Waals surface area (Å²) in [6.45, 7) is 4.47. The minimum atomic E-state index is -4.42. The average molecular weight is 826 g/mol. The van der Waals surface area contributed by atoms with E-state index < -0.39 is 32.7 Å². The Balaban J connectivity index is 4.44. The largest absolute Gasteiger partial charge is 0.472 e. The van der Waals surface area contributed by atoms with Gasteiger partial charge in [0.05, 0.1) is 39.9 Å². The monoisotopic (exact) mass is 826 g/mol. The van der Waals surface area contributed by atoms with Crippen molar-refractivity contribution in [3.05, 3.63) is 48.6 Å². The van der Waals surface area contributed by atoms with E-state index in [-0.39, 0.29) is 18.9 Å². The van der Waals surface area contributed by atoms with E-state index in [4.69, 9.17) is 9.05 Å². The third-order valence-corrected chi connectivity index (χ3v) is 11.2. The summed E-state index contributed by atoms with van der Waals surface area (Å²) in [5.74, 6) is -0.269. The number of nitrogens with one attached hydrogen (secondary N) is 1. The fourth-order valence-corrected chi connectivity index (χ4v) is 7.22. The summed E-state index contributed by atoms with van der Waals surface area (Å²) >= 11 is 0. The molecule has 4 unspecified atom stereocenters. The molecule has 10 heteroatoms. The number of nitrogens with zero attached hydrogens (tertiary/aromatic N) is 1. The maximum Gasteiger partial charge on any atom is 0.472 e. The molecule has 0 saturated carbocycles. The van der Waals surface area contributed by atoms with Crippen LogP contribution >= 0.6 is 7.82 Å². The third-order valence-electron chi connectivity index (χ3n) is 10.2. The van der Waals surface area contributed by atoms with Crippen molar-refractivity contribution in [3.8, 4) is 0 Å². The Morgan fingerprint density at radius 3 is 1.60 bits per heavy atom. The van der Waals surface area contributed by atoms with Crippen molar-refractivity contribution in [2.24, 2.45) is 0 Å². The summed E-state index contributed by atoms with van der Waals surface area (Å²) in [6, 6.07) is -1.04. The van der Waals surface area contributed by atoms with Gasteiger partial charge in [-0.2, -0.15) is 0 Å². The predicted molar refractivity (Wildman–Crippen MR) is 241 cm³/mol. The molecule has 334 valence electrons. The Hall–Kier alpha value is -1.58. The van der Waals surface area contributed by atoms with Crippen LogP contribution < -0.4 is 5.32 Å². The molecule has 0 spiro atoms. The second kappa shape index (κ2) is 38.6. The number of hydrogen-bond donors (Lipinski definition) is 4. The molecule has 0 aromatic heterocycles. The summed E-state index contributed by atoms with van der Waals surface area (Å²) in [5, 5.41) is 24.7. The van der Waals surface area contributed by atoms with Gasteiger partial charge in [-0.25, -0.2) is 4.57 Å². The number of aliphatic hydroxyl groups is 2. The first-order valence-corrected chi connectivity index (χ1v) is 24.6. The zero-order valence-corrected chi connectivity index (χ0v) is 38.3. The second-order valence-corrected chi connectivity index (χ2v) is 18.3. The van der Waals surface area contributed by atoms with Gasteiger partial charge in [0.15, 0.2) is 0 Å². The minimum Gasteiger partial charge on any atom is -0.390 e. The second-order valence-electron chi connectivity index (χ2n) is 16.9. The Bertz CT molecular complexity index is 1090. The number of phosphoric ester groups is 1. The highest BCUT2D eigenvalue weighted by Gasteiger charge is 2.31. The standard InChI is InChI=1S/C47H89N2O7P/c1-6-8-10-12-14-16-18-20-21-22-23-24-25-26-27-28-30-32-34-36-38-40-46(51)48-44(43-56-57(53,54)55-42-41-49(3,4)5)47(52)45(50)39-37-35-33-31-29-19-17-15-13-11-9-7-2/h8,10,14,16,20-21,23-24,44-45,47,50,52H,6-7,9,11-13,15,17-19,22,25-43H2,1-5H3,(H-,48,51,53,54)/p+1/b10-8-,16-14-,21-20-,24-23-. The number of carbonyl (C=O) groups excluding carboxylic acids is 1. The Morgan fingerprint density at radius 1 is 0.632 bits per heavy atom. The Labute approximate surface area is 351 Å². The van der Waals surface area contributed by atoms with Gasteiger partial charge in [-0.05, 0) is 51.4 Å². The smallest absolute Gasteiger partial charge is 0.390 e. The van der Waals surface area contributed by atoms with Crippen LogP contribution in [0, 0.1) is 0 Å². The number of likely N-dealkylation sites (N-methyl/N-ethyl adjacent to an activating group) is 1. The van der Waals surface area contributed by atoms with Gasteiger partial charge in [-0.1, -0.05) is 178 Å². The first-order valence-electron chi connectivity index (χ1n) is 23.1. The van der Waals surface area contributed by atoms with Gasteiger partial charge in [0.25, 0.3) is 0 Å². The van der Waals surface area contributed by atoms with Crippen molar-refractivity contribution in [1.82, 2.24) is 5.32 Å². The zero-order valence-electron chi connectivity index (χ0n) is 37.4. The van der Waals surface area contributed by atoms with E-state index in [1.807, 2.05) is 21.1 Å². The average Bonchev–Trinajstić information content (AvgIpc) is 3.16. The molecule has 0 aliphatic rings. The topological polar surface area (TPSA) is 125 Å². The number of hydrogen-bond acceptors (Lipinski definition) is 6. The van der Waals surface area contributed by atoms with Crippen molar-refractivity contribution in [3.63, 3.8) is 0 Å². The predicted octanol–water partition coefficient (Wildman–Crippen LogP) is 11.8. The molecule has 0 radical (unpaired) electrons. The normalized spacial score (nSPS) is 15.3. The van der Waals surface area contributed by atoms with Crippen LogP contribution in [0.1, 0.15) is 187 Å². The van der Waals surface area contributed by atoms with E-state index in [1.54, 1.807) is 0 Å². The van der Waals surface area contributed by atoms with Crippen LogP contribution in [0.3, 0.4) is 0 Å². The van der Waals surface area contributed by atoms with Crippen LogP contribution in [0.5, 0.6) is 0 Å². The van der Waals surface area contributed by atoms with Gasteiger partial charge in [-0.15, -0.1) is 0 Å². The SMILES string of the molecule is CC/C=C\C/C=C\C/C=C\C/C=C\CCCCCCCCCCC(=O)NC(COP(=O)(O)OCC[N+](C)(C)C)C(O)C(O)CCCCCCCCCCCCCC. The lowest BCUT2D eigenvalue weighted by molar-refractivity contribution is -0.870. The quantitative estimate of drug-likeness (QED) is 0.0209. The number of carbonyl (C=O) groups is 1. The highest BCUT2D eigenvalue weighted by atomic mass is 31.2. The number of quaternary nitrogens is 1. The molecule has 1 amide bonds. The number of phosphoric acid groups is 1. The van der Waals surface area contributed by atoms with Crippen molar-refractivity contribution in [1.29, 1.82) is 0 Å². The van der Waals surface area contributed by atoms with E-state index in [1.165, 1.54) is 83.5 Å². The molecule has 0 aliphatic heterocycles. The fraction of sp³-hybridized carbons (Fsp3) is 0.809. The van der Waals surface area contributed by atoms with E-state index in [2.05, 4.69) is 67.8 Å². The van der Waals surface area contributed by atoms with Gasteiger partial charge in [-0.3, -0.25) is 13.8 Å². The first kappa shape index (κ1) is 55.4. The summed E-state index contributed by atoms with van der Waals surface area (Å²) < 4.78 is 23.5. The highest BCUT2D eigenvalue weighted by Crippen LogP contribution is 2.43. The van der Waals surface area contributed by atoms with E-state index in [9.17, 15) is 24.5 Å². The van der Waals surface area contributed by atoms with Gasteiger partial charge in [0.1, 0.15) is 19.3 Å². The number of amides is 1. The Kier molecular flexibility index (Phi) is 37.5. The highest BCUT2D eigenvalue weighted by molar-refractivity contribution is 7.47. The molecule has 0 aromatic carbocycles. The zero-order chi connectivity index (χ0) is 42.3. The molecule has 0 aliphatic carbocycles. The molecule has 0 fully saturated rings. The molecule has 0 saturated heterocycles. The molecule has 4 atom stereocenters. The number of allylic oxidation sites excluding steroid dienone is 8. The fourth-order valence-electron chi connectivity index (χ4n) is 6.49. The van der Waals surface area contributed by atoms with Crippen molar-refractivity contribution < 1.29 is 38.0 Å². The molecule has 9 nitrogen and oxygen atoms in total. The molecule has 0 rings (SSSR count). The lowest BCUT2D eigenvalue weighted by Gasteiger charge is -2.28. The Morgan fingerprint density at radius 2 is 1.09 bits per heavy atom. The summed E-state index contributed by atoms with van der Waals surface area (Å²) in [7, 11) is 1.42. The number of unbranched alkanes of at least 4 members (excludes halogenated alkanes) is 19. The van der Waals surface area contributed by atoms with E-state index in [0.29, 0.717) is 17.4 Å². The van der Waals surface area contributed by atoms with Crippen LogP contribution in [-0.4, -0.2) is 84.6 Å². The maximum atomic E-state index is 12.9. The van der Waals surface area contributed by atoms with Crippen molar-refractivity contribution in [2.45, 2.75) is 205 Å². The van der Waals surface area contributed by atoms with E-state index >= 15 is 0 Å². The number of rotatable bonds is 41. The van der Waals surface area contributed by atoms with Crippen LogP contribution in [0.2, 0.25) is 0 Å². The molecule has 0 aromatic rings. The number of aliphatic hydroxyl groups excluding tert-OH is 2. The minimum absolute atomic E-state index is 0.0183. The molecule has 57 heavy (non-hydrogen) atoms. The summed E-state index contributed by atoms with van der Waals surface area (Å²) in [5.41, 5.74) is 0. The lowest BCUT2D eigenvalue weighted by atomic mass is 9.99. The molecule has 4 N–H and O–H groups in total.